The Morgan fingerprint density at radius 1 is 1.16 bits per heavy atom. The van der Waals surface area contributed by atoms with Gasteiger partial charge in [-0.25, -0.2) is 4.39 Å². The predicted molar refractivity (Wildman–Crippen MR) is 121 cm³/mol. The van der Waals surface area contributed by atoms with E-state index < -0.39 is 0 Å². The van der Waals surface area contributed by atoms with Gasteiger partial charge in [-0.1, -0.05) is 35.8 Å². The number of ether oxygens (including phenoxy) is 1. The van der Waals surface area contributed by atoms with Crippen molar-refractivity contribution in [2.45, 2.75) is 26.8 Å². The number of nitrogens with zero attached hydrogens (tertiary/aromatic N) is 3. The van der Waals surface area contributed by atoms with E-state index in [2.05, 4.69) is 16.1 Å². The van der Waals surface area contributed by atoms with Crippen LogP contribution in [0.15, 0.2) is 53.1 Å². The zero-order valence-corrected chi connectivity index (χ0v) is 18.5. The molecule has 0 saturated carbocycles. The van der Waals surface area contributed by atoms with Crippen molar-refractivity contribution in [2.24, 2.45) is 0 Å². The summed E-state index contributed by atoms with van der Waals surface area (Å²) in [5.74, 6) is 0.174. The average molecular weight is 438 g/mol. The van der Waals surface area contributed by atoms with Crippen LogP contribution in [0, 0.1) is 12.7 Å². The molecule has 1 aliphatic rings. The van der Waals surface area contributed by atoms with Crippen molar-refractivity contribution in [3.63, 3.8) is 0 Å². The average Bonchev–Trinajstić information content (AvgIpc) is 3.23. The molecule has 0 radical (unpaired) electrons. The molecule has 7 heteroatoms. The van der Waals surface area contributed by atoms with E-state index in [0.717, 1.165) is 28.8 Å². The first kappa shape index (κ1) is 22.0. The van der Waals surface area contributed by atoms with Crippen molar-refractivity contribution >= 4 is 11.8 Å². The first-order chi connectivity index (χ1) is 15.6. The van der Waals surface area contributed by atoms with Gasteiger partial charge in [-0.05, 0) is 43.7 Å². The minimum atomic E-state index is -0.362. The van der Waals surface area contributed by atoms with Gasteiger partial charge < -0.3 is 19.1 Å². The molecular formula is C25H28FN3O3. The minimum Gasteiger partial charge on any atom is -0.378 e. The molecule has 1 amide bonds. The Morgan fingerprint density at radius 2 is 1.91 bits per heavy atom. The first-order valence-corrected chi connectivity index (χ1v) is 11.0. The van der Waals surface area contributed by atoms with Gasteiger partial charge in [-0.2, -0.15) is 0 Å². The highest BCUT2D eigenvalue weighted by Gasteiger charge is 2.27. The SMILES string of the molecule is CCCN(Cc1c(-c2cccc(C)c2)noc1N1CCOCC1)C(=O)c1ccc(F)cc1. The quantitative estimate of drug-likeness (QED) is 0.537. The standard InChI is InChI=1S/C25H28FN3O3/c1-3-11-29(24(30)19-7-9-21(26)10-8-19)17-22-23(20-6-4-5-18(2)16-20)27-32-25(22)28-12-14-31-15-13-28/h4-10,16H,3,11-15,17H2,1-2H3. The van der Waals surface area contributed by atoms with Gasteiger partial charge in [0.25, 0.3) is 5.91 Å². The Hall–Kier alpha value is -3.19. The van der Waals surface area contributed by atoms with Crippen LogP contribution in [0.25, 0.3) is 11.3 Å². The monoisotopic (exact) mass is 437 g/mol. The second-order valence-corrected chi connectivity index (χ2v) is 8.02. The number of anilines is 1. The molecule has 3 aromatic rings. The molecular weight excluding hydrogens is 409 g/mol. The van der Waals surface area contributed by atoms with E-state index in [9.17, 15) is 9.18 Å². The topological polar surface area (TPSA) is 58.8 Å². The van der Waals surface area contributed by atoms with Gasteiger partial charge in [0.15, 0.2) is 0 Å². The van der Waals surface area contributed by atoms with Crippen LogP contribution < -0.4 is 4.90 Å². The normalized spacial score (nSPS) is 13.9. The summed E-state index contributed by atoms with van der Waals surface area (Å²) in [4.78, 5) is 17.2. The minimum absolute atomic E-state index is 0.142. The second kappa shape index (κ2) is 9.96. The Labute approximate surface area is 187 Å². The summed E-state index contributed by atoms with van der Waals surface area (Å²) < 4.78 is 24.7. The molecule has 32 heavy (non-hydrogen) atoms. The second-order valence-electron chi connectivity index (χ2n) is 8.02. The fourth-order valence-corrected chi connectivity index (χ4v) is 3.97. The number of rotatable bonds is 7. The van der Waals surface area contributed by atoms with Crippen LogP contribution in [0.5, 0.6) is 0 Å². The largest absolute Gasteiger partial charge is 0.378 e. The molecule has 2 aromatic carbocycles. The number of halogens is 1. The van der Waals surface area contributed by atoms with Gasteiger partial charge in [0.1, 0.15) is 11.5 Å². The molecule has 0 spiro atoms. The van der Waals surface area contributed by atoms with Gasteiger partial charge in [0.05, 0.1) is 25.3 Å². The van der Waals surface area contributed by atoms with Crippen LogP contribution in [0.2, 0.25) is 0 Å². The highest BCUT2D eigenvalue weighted by Crippen LogP contribution is 2.33. The Bertz CT molecular complexity index is 1060. The molecule has 1 aromatic heterocycles. The summed E-state index contributed by atoms with van der Waals surface area (Å²) in [6.45, 7) is 7.63. The summed E-state index contributed by atoms with van der Waals surface area (Å²) in [6.07, 6.45) is 0.797. The van der Waals surface area contributed by atoms with Crippen molar-refractivity contribution in [1.82, 2.24) is 10.1 Å². The lowest BCUT2D eigenvalue weighted by atomic mass is 10.0. The number of hydrogen-bond donors (Lipinski definition) is 0. The highest BCUT2D eigenvalue weighted by atomic mass is 19.1. The molecule has 0 bridgehead atoms. The summed E-state index contributed by atoms with van der Waals surface area (Å²) in [5.41, 5.74) is 4.15. The van der Waals surface area contributed by atoms with Crippen molar-refractivity contribution in [2.75, 3.05) is 37.7 Å². The molecule has 0 unspecified atom stereocenters. The lowest BCUT2D eigenvalue weighted by Crippen LogP contribution is -2.37. The van der Waals surface area contributed by atoms with Gasteiger partial charge in [-0.3, -0.25) is 4.79 Å². The number of amides is 1. The number of benzene rings is 2. The van der Waals surface area contributed by atoms with Crippen LogP contribution in [0.1, 0.15) is 34.8 Å². The Morgan fingerprint density at radius 3 is 2.59 bits per heavy atom. The van der Waals surface area contributed by atoms with E-state index in [4.69, 9.17) is 9.26 Å². The third-order valence-corrected chi connectivity index (χ3v) is 5.58. The van der Waals surface area contributed by atoms with E-state index >= 15 is 0 Å². The molecule has 0 aliphatic carbocycles. The third-order valence-electron chi connectivity index (χ3n) is 5.58. The molecule has 1 saturated heterocycles. The molecule has 0 N–H and O–H groups in total. The van der Waals surface area contributed by atoms with Gasteiger partial charge in [0, 0.05) is 30.8 Å². The zero-order chi connectivity index (χ0) is 22.5. The predicted octanol–water partition coefficient (Wildman–Crippen LogP) is 4.68. The van der Waals surface area contributed by atoms with Crippen LogP contribution >= 0.6 is 0 Å². The Balaban J connectivity index is 1.72. The number of aromatic nitrogens is 1. The summed E-state index contributed by atoms with van der Waals surface area (Å²) in [6, 6.07) is 13.8. The van der Waals surface area contributed by atoms with Crippen molar-refractivity contribution in [3.8, 4) is 11.3 Å². The van der Waals surface area contributed by atoms with E-state index in [1.165, 1.54) is 24.3 Å². The van der Waals surface area contributed by atoms with Crippen LogP contribution in [0.3, 0.4) is 0 Å². The molecule has 2 heterocycles. The van der Waals surface area contributed by atoms with Crippen LogP contribution in [-0.4, -0.2) is 48.8 Å². The molecule has 4 rings (SSSR count). The fourth-order valence-electron chi connectivity index (χ4n) is 3.97. The molecule has 1 fully saturated rings. The van der Waals surface area contributed by atoms with E-state index in [0.29, 0.717) is 50.8 Å². The van der Waals surface area contributed by atoms with E-state index in [-0.39, 0.29) is 11.7 Å². The highest BCUT2D eigenvalue weighted by molar-refractivity contribution is 5.94. The maximum Gasteiger partial charge on any atom is 0.254 e. The van der Waals surface area contributed by atoms with Crippen molar-refractivity contribution < 1.29 is 18.4 Å². The maximum absolute atomic E-state index is 13.4. The molecule has 168 valence electrons. The summed E-state index contributed by atoms with van der Waals surface area (Å²) in [5, 5.41) is 4.41. The molecule has 1 aliphatic heterocycles. The molecule has 6 nitrogen and oxygen atoms in total. The number of aryl methyl sites for hydroxylation is 1. The number of morpholine rings is 1. The van der Waals surface area contributed by atoms with Crippen molar-refractivity contribution in [1.29, 1.82) is 0 Å². The van der Waals surface area contributed by atoms with Gasteiger partial charge in [-0.15, -0.1) is 0 Å². The zero-order valence-electron chi connectivity index (χ0n) is 18.5. The number of carbonyl (C=O) groups excluding carboxylic acids is 1. The number of hydrogen-bond acceptors (Lipinski definition) is 5. The summed E-state index contributed by atoms with van der Waals surface area (Å²) >= 11 is 0. The van der Waals surface area contributed by atoms with Crippen molar-refractivity contribution in [3.05, 3.63) is 71.0 Å². The van der Waals surface area contributed by atoms with E-state index in [1.807, 2.05) is 32.0 Å². The fraction of sp³-hybridized carbons (Fsp3) is 0.360. The summed E-state index contributed by atoms with van der Waals surface area (Å²) in [7, 11) is 0. The van der Waals surface area contributed by atoms with Crippen LogP contribution in [0.4, 0.5) is 10.3 Å². The smallest absolute Gasteiger partial charge is 0.254 e. The molecule has 0 atom stereocenters. The van der Waals surface area contributed by atoms with Gasteiger partial charge >= 0.3 is 0 Å². The third kappa shape index (κ3) is 4.83. The van der Waals surface area contributed by atoms with E-state index in [1.54, 1.807) is 4.90 Å². The Kier molecular flexibility index (Phi) is 6.85. The lowest BCUT2D eigenvalue weighted by molar-refractivity contribution is 0.0743. The maximum atomic E-state index is 13.4. The van der Waals surface area contributed by atoms with Crippen LogP contribution in [-0.2, 0) is 11.3 Å². The number of carbonyl (C=O) groups is 1. The van der Waals surface area contributed by atoms with Gasteiger partial charge in [0.2, 0.25) is 5.88 Å². The first-order valence-electron chi connectivity index (χ1n) is 11.0. The lowest BCUT2D eigenvalue weighted by Gasteiger charge is -2.28.